The molecule has 0 radical (unpaired) electrons. The first-order chi connectivity index (χ1) is 18.9. The molecule has 39 heavy (non-hydrogen) atoms. The number of fused-ring (bicyclic) bond motifs is 1. The quantitative estimate of drug-likeness (QED) is 0.299. The van der Waals surface area contributed by atoms with Gasteiger partial charge in [-0.2, -0.15) is 0 Å². The fraction of sp³-hybridized carbons (Fsp3) is 0.433. The van der Waals surface area contributed by atoms with Crippen molar-refractivity contribution in [2.45, 2.75) is 57.2 Å². The van der Waals surface area contributed by atoms with E-state index in [-0.39, 0.29) is 12.3 Å². The molecule has 2 saturated heterocycles. The first kappa shape index (κ1) is 27.1. The molecule has 2 aliphatic heterocycles. The molecule has 3 heterocycles. The topological polar surface area (TPSA) is 113 Å². The van der Waals surface area contributed by atoms with Crippen molar-refractivity contribution in [3.05, 3.63) is 71.4 Å². The summed E-state index contributed by atoms with van der Waals surface area (Å²) in [7, 11) is 0. The number of carbonyl (C=O) groups is 2. The van der Waals surface area contributed by atoms with E-state index in [0.717, 1.165) is 61.3 Å². The number of nitrogens with zero attached hydrogens (tertiary/aromatic N) is 2. The normalized spacial score (nSPS) is 18.0. The first-order valence-corrected chi connectivity index (χ1v) is 13.6. The van der Waals surface area contributed by atoms with Crippen molar-refractivity contribution in [2.75, 3.05) is 26.3 Å². The highest BCUT2D eigenvalue weighted by molar-refractivity contribution is 5.95. The predicted octanol–water partition coefficient (Wildman–Crippen LogP) is 3.76. The van der Waals surface area contributed by atoms with Gasteiger partial charge in [0, 0.05) is 54.6 Å². The van der Waals surface area contributed by atoms with Crippen molar-refractivity contribution in [1.82, 2.24) is 20.7 Å². The number of pyridine rings is 1. The van der Waals surface area contributed by atoms with Crippen molar-refractivity contribution in [2.24, 2.45) is 0 Å². The number of rotatable bonds is 8. The monoisotopic (exact) mass is 532 g/mol. The second-order valence-corrected chi connectivity index (χ2v) is 10.6. The molecular weight excluding hydrogens is 496 g/mol. The molecule has 0 bridgehead atoms. The molecule has 9 heteroatoms. The standard InChI is InChI=1S/C30H36N4O5/c1-21-18-23(26-4-2-3-5-27(26)31-21)20-39-25-8-6-22(7-9-25)29(36)32-30(19-28(35)33-37)12-14-34(15-13-30)24-10-16-38-17-11-24/h2-9,18,24,37H,10-17,19-20H2,1H3,(H,32,36)(H,33,35). The minimum absolute atomic E-state index is 0.0252. The molecule has 206 valence electrons. The highest BCUT2D eigenvalue weighted by atomic mass is 16.5. The highest BCUT2D eigenvalue weighted by Gasteiger charge is 2.39. The van der Waals surface area contributed by atoms with E-state index in [1.807, 2.05) is 37.3 Å². The molecular formula is C30H36N4O5. The summed E-state index contributed by atoms with van der Waals surface area (Å²) in [6.45, 7) is 5.45. The van der Waals surface area contributed by atoms with E-state index in [0.29, 0.717) is 36.8 Å². The Morgan fingerprint density at radius 2 is 1.82 bits per heavy atom. The van der Waals surface area contributed by atoms with Crippen LogP contribution in [-0.4, -0.2) is 64.8 Å². The smallest absolute Gasteiger partial charge is 0.251 e. The van der Waals surface area contributed by atoms with Gasteiger partial charge in [0.25, 0.3) is 5.91 Å². The third-order valence-electron chi connectivity index (χ3n) is 7.91. The first-order valence-electron chi connectivity index (χ1n) is 13.6. The summed E-state index contributed by atoms with van der Waals surface area (Å²) in [6.07, 6.45) is 3.29. The number of hydrogen-bond acceptors (Lipinski definition) is 7. The lowest BCUT2D eigenvalue weighted by molar-refractivity contribution is -0.131. The molecule has 9 nitrogen and oxygen atoms in total. The van der Waals surface area contributed by atoms with Gasteiger partial charge in [0.1, 0.15) is 12.4 Å². The van der Waals surface area contributed by atoms with Crippen LogP contribution in [0.5, 0.6) is 5.75 Å². The average Bonchev–Trinajstić information content (AvgIpc) is 2.97. The summed E-state index contributed by atoms with van der Waals surface area (Å²) in [6, 6.07) is 17.5. The van der Waals surface area contributed by atoms with Gasteiger partial charge in [0.05, 0.1) is 17.5 Å². The van der Waals surface area contributed by atoms with Gasteiger partial charge in [-0.1, -0.05) is 18.2 Å². The number of ether oxygens (including phenoxy) is 2. The fourth-order valence-electron chi connectivity index (χ4n) is 5.75. The highest BCUT2D eigenvalue weighted by Crippen LogP contribution is 2.30. The van der Waals surface area contributed by atoms with E-state index >= 15 is 0 Å². The van der Waals surface area contributed by atoms with Crippen molar-refractivity contribution in [1.29, 1.82) is 0 Å². The molecule has 2 amide bonds. The number of hydroxylamine groups is 1. The van der Waals surface area contributed by atoms with E-state index < -0.39 is 11.4 Å². The molecule has 0 saturated carbocycles. The number of piperidine rings is 1. The third kappa shape index (κ3) is 6.55. The van der Waals surface area contributed by atoms with Gasteiger partial charge in [-0.3, -0.25) is 19.8 Å². The number of para-hydroxylation sites is 1. The molecule has 2 aromatic carbocycles. The molecule has 2 fully saturated rings. The molecule has 0 aliphatic carbocycles. The lowest BCUT2D eigenvalue weighted by Crippen LogP contribution is -2.58. The number of aryl methyl sites for hydroxylation is 1. The number of carbonyl (C=O) groups excluding carboxylic acids is 2. The Labute approximate surface area is 228 Å². The van der Waals surface area contributed by atoms with Crippen LogP contribution in [-0.2, 0) is 16.1 Å². The zero-order valence-electron chi connectivity index (χ0n) is 22.3. The second kappa shape index (κ2) is 12.1. The van der Waals surface area contributed by atoms with Crippen LogP contribution in [0, 0.1) is 6.92 Å². The Hall–Kier alpha value is -3.53. The maximum absolute atomic E-state index is 13.3. The molecule has 5 rings (SSSR count). The van der Waals surface area contributed by atoms with Crippen LogP contribution < -0.4 is 15.5 Å². The van der Waals surface area contributed by atoms with Crippen molar-refractivity contribution in [3.8, 4) is 5.75 Å². The number of benzene rings is 2. The van der Waals surface area contributed by atoms with Gasteiger partial charge in [-0.25, -0.2) is 5.48 Å². The van der Waals surface area contributed by atoms with Crippen LogP contribution in [0.1, 0.15) is 53.7 Å². The summed E-state index contributed by atoms with van der Waals surface area (Å²) in [5, 5.41) is 13.4. The molecule has 0 unspecified atom stereocenters. The van der Waals surface area contributed by atoms with Crippen molar-refractivity contribution in [3.63, 3.8) is 0 Å². The van der Waals surface area contributed by atoms with E-state index in [4.69, 9.17) is 14.7 Å². The minimum Gasteiger partial charge on any atom is -0.489 e. The maximum atomic E-state index is 13.3. The molecule has 1 aromatic heterocycles. The van der Waals surface area contributed by atoms with Crippen LogP contribution in [0.25, 0.3) is 10.9 Å². The van der Waals surface area contributed by atoms with E-state index in [9.17, 15) is 9.59 Å². The molecule has 0 spiro atoms. The van der Waals surface area contributed by atoms with E-state index in [1.165, 1.54) is 0 Å². The summed E-state index contributed by atoms with van der Waals surface area (Å²) in [5.74, 6) is -0.0933. The maximum Gasteiger partial charge on any atom is 0.251 e. The Bertz CT molecular complexity index is 1300. The number of aromatic nitrogens is 1. The number of nitrogens with one attached hydrogen (secondary N) is 2. The van der Waals surface area contributed by atoms with Crippen LogP contribution >= 0.6 is 0 Å². The summed E-state index contributed by atoms with van der Waals surface area (Å²) in [4.78, 5) is 32.4. The lowest BCUT2D eigenvalue weighted by Gasteiger charge is -2.45. The molecule has 2 aliphatic rings. The summed E-state index contributed by atoms with van der Waals surface area (Å²) in [5.41, 5.74) is 4.42. The van der Waals surface area contributed by atoms with Crippen LogP contribution in [0.4, 0.5) is 0 Å². The van der Waals surface area contributed by atoms with Crippen LogP contribution in [0.2, 0.25) is 0 Å². The predicted molar refractivity (Wildman–Crippen MR) is 147 cm³/mol. The van der Waals surface area contributed by atoms with Gasteiger partial charge in [-0.15, -0.1) is 0 Å². The third-order valence-corrected chi connectivity index (χ3v) is 7.91. The summed E-state index contributed by atoms with van der Waals surface area (Å²) < 4.78 is 11.5. The largest absolute Gasteiger partial charge is 0.489 e. The zero-order valence-corrected chi connectivity index (χ0v) is 22.3. The van der Waals surface area contributed by atoms with Crippen LogP contribution in [0.15, 0.2) is 54.6 Å². The Kier molecular flexibility index (Phi) is 8.40. The molecule has 3 N–H and O–H groups in total. The van der Waals surface area contributed by atoms with Gasteiger partial charge in [-0.05, 0) is 69.0 Å². The van der Waals surface area contributed by atoms with Crippen LogP contribution in [0.3, 0.4) is 0 Å². The second-order valence-electron chi connectivity index (χ2n) is 10.6. The Morgan fingerprint density at radius 3 is 2.54 bits per heavy atom. The lowest BCUT2D eigenvalue weighted by atomic mass is 9.82. The van der Waals surface area contributed by atoms with Gasteiger partial charge >= 0.3 is 0 Å². The van der Waals surface area contributed by atoms with Crippen molar-refractivity contribution >= 4 is 22.7 Å². The average molecular weight is 533 g/mol. The van der Waals surface area contributed by atoms with Gasteiger partial charge in [0.2, 0.25) is 5.91 Å². The number of hydrogen-bond donors (Lipinski definition) is 3. The summed E-state index contributed by atoms with van der Waals surface area (Å²) >= 11 is 0. The Morgan fingerprint density at radius 1 is 1.10 bits per heavy atom. The number of likely N-dealkylation sites (tertiary alicyclic amines) is 1. The zero-order chi connectivity index (χ0) is 27.2. The SMILES string of the molecule is Cc1cc(COc2ccc(C(=O)NC3(CC(=O)NO)CCN(C4CCOCC4)CC3)cc2)c2ccccc2n1. The molecule has 3 aromatic rings. The van der Waals surface area contributed by atoms with E-state index in [2.05, 4.69) is 15.2 Å². The number of amides is 2. The minimum atomic E-state index is -0.721. The van der Waals surface area contributed by atoms with Gasteiger partial charge in [0.15, 0.2) is 0 Å². The van der Waals surface area contributed by atoms with Gasteiger partial charge < -0.3 is 19.7 Å². The van der Waals surface area contributed by atoms with E-state index in [1.54, 1.807) is 29.7 Å². The Balaban J connectivity index is 1.22. The molecule has 0 atom stereocenters. The fourth-order valence-corrected chi connectivity index (χ4v) is 5.75. The van der Waals surface area contributed by atoms with Crippen molar-refractivity contribution < 1.29 is 24.3 Å².